The fourth-order valence-electron chi connectivity index (χ4n) is 1.71. The molecule has 1 aromatic carbocycles. The van der Waals surface area contributed by atoms with Crippen molar-refractivity contribution in [2.45, 2.75) is 19.3 Å². The maximum absolute atomic E-state index is 10.2. The van der Waals surface area contributed by atoms with E-state index in [1.165, 1.54) is 17.5 Å². The van der Waals surface area contributed by atoms with Gasteiger partial charge >= 0.3 is 8.69 Å². The van der Waals surface area contributed by atoms with Gasteiger partial charge in [-0.05, 0) is 36.5 Å². The first-order valence-electron chi connectivity index (χ1n) is 4.02. The van der Waals surface area contributed by atoms with Crippen LogP contribution in [-0.4, -0.2) is 0 Å². The number of benzene rings is 1. The lowest BCUT2D eigenvalue weighted by Gasteiger charge is -2.03. The molecular weight excluding hydrogens is 171 g/mol. The van der Waals surface area contributed by atoms with Crippen LogP contribution in [0.4, 0.5) is 0 Å². The van der Waals surface area contributed by atoms with Crippen molar-refractivity contribution in [3.63, 3.8) is 0 Å². The van der Waals surface area contributed by atoms with Gasteiger partial charge in [-0.2, -0.15) is 0 Å². The molecule has 12 heavy (non-hydrogen) atoms. The molecule has 2 rings (SSSR count). The number of aryl methyl sites for hydroxylation is 1. The molecule has 0 amide bonds. The van der Waals surface area contributed by atoms with E-state index in [2.05, 4.69) is 6.07 Å². The summed E-state index contributed by atoms with van der Waals surface area (Å²) in [6, 6.07) is 5.93. The zero-order valence-corrected chi connectivity index (χ0v) is 7.51. The molecule has 62 valence electrons. The summed E-state index contributed by atoms with van der Waals surface area (Å²) in [4.78, 5) is 0. The molecule has 1 aliphatic carbocycles. The van der Waals surface area contributed by atoms with Crippen molar-refractivity contribution in [1.29, 1.82) is 0 Å². The van der Waals surface area contributed by atoms with Gasteiger partial charge in [0.1, 0.15) is 5.75 Å². The van der Waals surface area contributed by atoms with Crippen LogP contribution in [-0.2, 0) is 17.4 Å². The summed E-state index contributed by atoms with van der Waals surface area (Å²) in [7, 11) is -0.260. The summed E-state index contributed by atoms with van der Waals surface area (Å²) in [6.07, 6.45) is 3.37. The predicted molar refractivity (Wildman–Crippen MR) is 46.7 cm³/mol. The molecule has 1 aliphatic rings. The van der Waals surface area contributed by atoms with Crippen LogP contribution in [0.3, 0.4) is 0 Å². The highest BCUT2D eigenvalue weighted by Gasteiger charge is 2.14. The number of hydrogen-bond donors (Lipinski definition) is 0. The first-order valence-corrected chi connectivity index (χ1v) is 4.75. The lowest BCUT2D eigenvalue weighted by molar-refractivity contribution is 0.522. The third-order valence-corrected chi connectivity index (χ3v) is 2.51. The minimum atomic E-state index is -0.260. The summed E-state index contributed by atoms with van der Waals surface area (Å²) < 4.78 is 15.2. The van der Waals surface area contributed by atoms with Gasteiger partial charge in [-0.1, -0.05) is 12.1 Å². The molecule has 0 radical (unpaired) electrons. The molecule has 0 saturated heterocycles. The molecule has 0 heterocycles. The fourth-order valence-corrected chi connectivity index (χ4v) is 1.96. The highest BCUT2D eigenvalue weighted by Crippen LogP contribution is 2.31. The zero-order chi connectivity index (χ0) is 8.39. The maximum Gasteiger partial charge on any atom is 0.395 e. The fraction of sp³-hybridized carbons (Fsp3) is 0.333. The van der Waals surface area contributed by atoms with E-state index in [4.69, 9.17) is 4.52 Å². The van der Waals surface area contributed by atoms with Gasteiger partial charge in [0, 0.05) is 0 Å². The number of hydrogen-bond acceptors (Lipinski definition) is 2. The van der Waals surface area contributed by atoms with E-state index in [1.54, 1.807) is 0 Å². The molecule has 0 atom stereocenters. The zero-order valence-electron chi connectivity index (χ0n) is 6.62. The van der Waals surface area contributed by atoms with Gasteiger partial charge in [0.05, 0.1) is 0 Å². The number of fused-ring (bicyclic) bond motifs is 1. The quantitative estimate of drug-likeness (QED) is 0.654. The normalized spacial score (nSPS) is 14.7. The molecule has 0 fully saturated rings. The Balaban J connectivity index is 2.42. The summed E-state index contributed by atoms with van der Waals surface area (Å²) in [6.45, 7) is 0. The molecular formula is C9H9O2P. The van der Waals surface area contributed by atoms with Crippen molar-refractivity contribution < 1.29 is 9.09 Å². The Morgan fingerprint density at radius 3 is 3.08 bits per heavy atom. The van der Waals surface area contributed by atoms with E-state index in [0.717, 1.165) is 18.6 Å². The minimum absolute atomic E-state index is 0.260. The second kappa shape index (κ2) is 3.24. The van der Waals surface area contributed by atoms with E-state index >= 15 is 0 Å². The van der Waals surface area contributed by atoms with Gasteiger partial charge in [-0.3, -0.25) is 0 Å². The molecule has 3 heteroatoms. The second-order valence-corrected chi connectivity index (χ2v) is 3.24. The highest BCUT2D eigenvalue weighted by molar-refractivity contribution is 7.17. The third-order valence-electron chi connectivity index (χ3n) is 2.24. The Morgan fingerprint density at radius 1 is 1.33 bits per heavy atom. The Morgan fingerprint density at radius 2 is 2.25 bits per heavy atom. The Kier molecular flexibility index (Phi) is 2.09. The third kappa shape index (κ3) is 1.23. The molecule has 2 nitrogen and oxygen atoms in total. The van der Waals surface area contributed by atoms with E-state index in [9.17, 15) is 4.57 Å². The first kappa shape index (κ1) is 7.75. The molecule has 0 spiro atoms. The highest BCUT2D eigenvalue weighted by atomic mass is 31.1. The van der Waals surface area contributed by atoms with Crippen LogP contribution in [0, 0.1) is 0 Å². The molecule has 0 unspecified atom stereocenters. The van der Waals surface area contributed by atoms with Crippen molar-refractivity contribution in [2.24, 2.45) is 0 Å². The molecule has 0 saturated carbocycles. The SMILES string of the molecule is O=POc1cccc2c1CCC2. The Hall–Kier alpha value is -0.880. The second-order valence-electron chi connectivity index (χ2n) is 2.91. The lowest BCUT2D eigenvalue weighted by Crippen LogP contribution is -1.85. The smallest absolute Gasteiger partial charge is 0.395 e. The van der Waals surface area contributed by atoms with Gasteiger partial charge in [0.15, 0.2) is 0 Å². The molecule has 0 N–H and O–H groups in total. The van der Waals surface area contributed by atoms with E-state index in [-0.39, 0.29) is 8.69 Å². The molecule has 1 aromatic rings. The van der Waals surface area contributed by atoms with E-state index in [0.29, 0.717) is 0 Å². The molecule has 0 aliphatic heterocycles. The van der Waals surface area contributed by atoms with Crippen LogP contribution in [0.1, 0.15) is 17.5 Å². The first-order chi connectivity index (χ1) is 5.92. The largest absolute Gasteiger partial charge is 0.407 e. The van der Waals surface area contributed by atoms with Crippen molar-refractivity contribution in [1.82, 2.24) is 0 Å². The Labute approximate surface area is 72.8 Å². The molecule has 0 aromatic heterocycles. The van der Waals surface area contributed by atoms with Crippen LogP contribution < -0.4 is 4.52 Å². The van der Waals surface area contributed by atoms with Gasteiger partial charge < -0.3 is 4.52 Å². The van der Waals surface area contributed by atoms with E-state index < -0.39 is 0 Å². The summed E-state index contributed by atoms with van der Waals surface area (Å²) >= 11 is 0. The minimum Gasteiger partial charge on any atom is -0.407 e. The summed E-state index contributed by atoms with van der Waals surface area (Å²) in [5.41, 5.74) is 2.58. The van der Waals surface area contributed by atoms with E-state index in [1.807, 2.05) is 12.1 Å². The van der Waals surface area contributed by atoms with Crippen molar-refractivity contribution in [3.8, 4) is 5.75 Å². The Bertz CT molecular complexity index is 309. The summed E-state index contributed by atoms with van der Waals surface area (Å²) in [5, 5.41) is 0. The number of rotatable bonds is 2. The van der Waals surface area contributed by atoms with Crippen LogP contribution in [0.2, 0.25) is 0 Å². The van der Waals surface area contributed by atoms with Gasteiger partial charge in [-0.15, -0.1) is 0 Å². The predicted octanol–water partition coefficient (Wildman–Crippen LogP) is 2.76. The van der Waals surface area contributed by atoms with Crippen molar-refractivity contribution in [2.75, 3.05) is 0 Å². The van der Waals surface area contributed by atoms with Crippen molar-refractivity contribution in [3.05, 3.63) is 29.3 Å². The lowest BCUT2D eigenvalue weighted by atomic mass is 10.1. The van der Waals surface area contributed by atoms with Crippen LogP contribution in [0.15, 0.2) is 18.2 Å². The topological polar surface area (TPSA) is 26.3 Å². The summed E-state index contributed by atoms with van der Waals surface area (Å²) in [5.74, 6) is 0.779. The monoisotopic (exact) mass is 180 g/mol. The van der Waals surface area contributed by atoms with Gasteiger partial charge in [-0.25, -0.2) is 4.57 Å². The van der Waals surface area contributed by atoms with Crippen LogP contribution in [0.5, 0.6) is 5.75 Å². The van der Waals surface area contributed by atoms with Crippen LogP contribution >= 0.6 is 8.69 Å². The van der Waals surface area contributed by atoms with Crippen molar-refractivity contribution >= 4 is 8.69 Å². The molecule has 0 bridgehead atoms. The van der Waals surface area contributed by atoms with Gasteiger partial charge in [0.25, 0.3) is 0 Å². The van der Waals surface area contributed by atoms with Crippen LogP contribution in [0.25, 0.3) is 0 Å². The average Bonchev–Trinajstić information content (AvgIpc) is 2.53. The van der Waals surface area contributed by atoms with Gasteiger partial charge in [0.2, 0.25) is 0 Å². The average molecular weight is 180 g/mol. The standard InChI is InChI=1S/C9H9O2P/c10-12-11-9-6-2-4-7-3-1-5-8(7)9/h2,4,6H,1,3,5H2. The maximum atomic E-state index is 10.2.